The van der Waals surface area contributed by atoms with Gasteiger partial charge in [0.25, 0.3) is 0 Å². The van der Waals surface area contributed by atoms with Gasteiger partial charge in [-0.1, -0.05) is 23.7 Å². The summed E-state index contributed by atoms with van der Waals surface area (Å²) in [6.45, 7) is 2.34. The minimum absolute atomic E-state index is 0.130. The summed E-state index contributed by atoms with van der Waals surface area (Å²) in [5.74, 6) is 0.758. The number of halogens is 1. The van der Waals surface area contributed by atoms with Crippen molar-refractivity contribution in [1.29, 1.82) is 0 Å². The van der Waals surface area contributed by atoms with Crippen molar-refractivity contribution in [2.45, 2.75) is 19.6 Å². The highest BCUT2D eigenvalue weighted by atomic mass is 35.5. The van der Waals surface area contributed by atoms with Crippen LogP contribution in [0.15, 0.2) is 42.5 Å². The number of ether oxygens (including phenoxy) is 1. The zero-order chi connectivity index (χ0) is 14.8. The number of para-hydroxylation sites is 1. The minimum atomic E-state index is -0.130. The highest BCUT2D eigenvalue weighted by molar-refractivity contribution is 7.18. The van der Waals surface area contributed by atoms with Crippen molar-refractivity contribution in [3.8, 4) is 5.75 Å². The quantitative estimate of drug-likeness (QED) is 0.767. The Bertz CT molecular complexity index is 737. The molecule has 1 heterocycles. The van der Waals surface area contributed by atoms with Crippen LogP contribution < -0.4 is 10.5 Å². The first-order valence-corrected chi connectivity index (χ1v) is 7.85. The first-order chi connectivity index (χ1) is 10.1. The van der Waals surface area contributed by atoms with Gasteiger partial charge in [0, 0.05) is 16.6 Å². The fourth-order valence-electron chi connectivity index (χ4n) is 2.13. The topological polar surface area (TPSA) is 48.1 Å². The molecule has 0 fully saturated rings. The van der Waals surface area contributed by atoms with Gasteiger partial charge in [-0.2, -0.15) is 0 Å². The SMILES string of the molecule is C[C@@H](N)c1cc(Cl)ccc1OCc1nc2ccccc2s1. The van der Waals surface area contributed by atoms with E-state index in [1.54, 1.807) is 17.4 Å². The molecule has 3 rings (SSSR count). The van der Waals surface area contributed by atoms with Crippen LogP contribution >= 0.6 is 22.9 Å². The number of rotatable bonds is 4. The van der Waals surface area contributed by atoms with Crippen LogP contribution in [0.25, 0.3) is 10.2 Å². The predicted molar refractivity (Wildman–Crippen MR) is 88.0 cm³/mol. The van der Waals surface area contributed by atoms with Crippen molar-refractivity contribution in [3.05, 3.63) is 58.1 Å². The van der Waals surface area contributed by atoms with E-state index in [2.05, 4.69) is 11.1 Å². The lowest BCUT2D eigenvalue weighted by molar-refractivity contribution is 0.301. The van der Waals surface area contributed by atoms with E-state index in [1.165, 1.54) is 4.70 Å². The third-order valence-electron chi connectivity index (χ3n) is 3.15. The molecule has 0 unspecified atom stereocenters. The summed E-state index contributed by atoms with van der Waals surface area (Å²) in [6.07, 6.45) is 0. The van der Waals surface area contributed by atoms with Crippen molar-refractivity contribution < 1.29 is 4.74 Å². The van der Waals surface area contributed by atoms with Crippen molar-refractivity contribution in [3.63, 3.8) is 0 Å². The van der Waals surface area contributed by atoms with Crippen LogP contribution in [0.5, 0.6) is 5.75 Å². The van der Waals surface area contributed by atoms with Gasteiger partial charge in [0.2, 0.25) is 0 Å². The Hall–Kier alpha value is -1.62. The number of hydrogen-bond acceptors (Lipinski definition) is 4. The summed E-state index contributed by atoms with van der Waals surface area (Å²) < 4.78 is 7.04. The van der Waals surface area contributed by atoms with Crippen LogP contribution in [0, 0.1) is 0 Å². The van der Waals surface area contributed by atoms with E-state index in [-0.39, 0.29) is 6.04 Å². The average molecular weight is 319 g/mol. The molecule has 3 aromatic rings. The fraction of sp³-hybridized carbons (Fsp3) is 0.188. The van der Waals surface area contributed by atoms with Crippen molar-refractivity contribution in [2.75, 3.05) is 0 Å². The maximum absolute atomic E-state index is 6.01. The third-order valence-corrected chi connectivity index (χ3v) is 4.40. The zero-order valence-electron chi connectivity index (χ0n) is 11.5. The smallest absolute Gasteiger partial charge is 0.140 e. The van der Waals surface area contributed by atoms with E-state index >= 15 is 0 Å². The van der Waals surface area contributed by atoms with E-state index < -0.39 is 0 Å². The average Bonchev–Trinajstić information content (AvgIpc) is 2.88. The molecule has 0 spiro atoms. The van der Waals surface area contributed by atoms with Gasteiger partial charge in [-0.25, -0.2) is 4.98 Å². The van der Waals surface area contributed by atoms with E-state index in [4.69, 9.17) is 22.1 Å². The second kappa shape index (κ2) is 6.02. The molecule has 21 heavy (non-hydrogen) atoms. The van der Waals surface area contributed by atoms with Gasteiger partial charge in [-0.05, 0) is 37.3 Å². The predicted octanol–water partition coefficient (Wildman–Crippen LogP) is 4.55. The van der Waals surface area contributed by atoms with Gasteiger partial charge < -0.3 is 10.5 Å². The van der Waals surface area contributed by atoms with Crippen molar-refractivity contribution in [1.82, 2.24) is 4.98 Å². The first-order valence-electron chi connectivity index (χ1n) is 6.66. The second-order valence-corrected chi connectivity index (χ2v) is 6.39. The molecule has 0 bridgehead atoms. The monoisotopic (exact) mass is 318 g/mol. The Labute approximate surface area is 132 Å². The van der Waals surface area contributed by atoms with E-state index in [1.807, 2.05) is 37.3 Å². The maximum atomic E-state index is 6.01. The van der Waals surface area contributed by atoms with Gasteiger partial charge in [-0.3, -0.25) is 0 Å². The number of nitrogens with zero attached hydrogens (tertiary/aromatic N) is 1. The van der Waals surface area contributed by atoms with Crippen LogP contribution in [0.1, 0.15) is 23.5 Å². The third kappa shape index (κ3) is 3.18. The molecule has 0 aliphatic carbocycles. The molecule has 0 saturated carbocycles. The number of hydrogen-bond donors (Lipinski definition) is 1. The molecule has 0 aliphatic rings. The van der Waals surface area contributed by atoms with Gasteiger partial charge in [-0.15, -0.1) is 11.3 Å². The van der Waals surface area contributed by atoms with Crippen LogP contribution in [0.2, 0.25) is 5.02 Å². The van der Waals surface area contributed by atoms with Crippen molar-refractivity contribution in [2.24, 2.45) is 5.73 Å². The Morgan fingerprint density at radius 2 is 2.10 bits per heavy atom. The highest BCUT2D eigenvalue weighted by Crippen LogP contribution is 2.29. The van der Waals surface area contributed by atoms with Crippen LogP contribution in [0.4, 0.5) is 0 Å². The molecule has 0 aliphatic heterocycles. The Morgan fingerprint density at radius 3 is 2.86 bits per heavy atom. The van der Waals surface area contributed by atoms with Crippen molar-refractivity contribution >= 4 is 33.2 Å². The Morgan fingerprint density at radius 1 is 1.29 bits per heavy atom. The molecule has 0 amide bonds. The zero-order valence-corrected chi connectivity index (χ0v) is 13.1. The Kier molecular flexibility index (Phi) is 4.10. The number of aromatic nitrogens is 1. The summed E-state index contributed by atoms with van der Waals surface area (Å²) in [4.78, 5) is 4.56. The lowest BCUT2D eigenvalue weighted by atomic mass is 10.1. The van der Waals surface area contributed by atoms with E-state index in [9.17, 15) is 0 Å². The molecular formula is C16H15ClN2OS. The van der Waals surface area contributed by atoms with Gasteiger partial charge in [0.05, 0.1) is 10.2 Å². The van der Waals surface area contributed by atoms with Crippen LogP contribution in [-0.2, 0) is 6.61 Å². The highest BCUT2D eigenvalue weighted by Gasteiger charge is 2.10. The number of fused-ring (bicyclic) bond motifs is 1. The second-order valence-electron chi connectivity index (χ2n) is 4.83. The van der Waals surface area contributed by atoms with Gasteiger partial charge >= 0.3 is 0 Å². The number of benzene rings is 2. The summed E-state index contributed by atoms with van der Waals surface area (Å²) in [7, 11) is 0. The molecule has 2 aromatic carbocycles. The van der Waals surface area contributed by atoms with E-state index in [0.717, 1.165) is 21.8 Å². The molecule has 0 radical (unpaired) electrons. The molecule has 3 nitrogen and oxygen atoms in total. The summed E-state index contributed by atoms with van der Waals surface area (Å²) in [5.41, 5.74) is 7.87. The lowest BCUT2D eigenvalue weighted by Gasteiger charge is -2.13. The minimum Gasteiger partial charge on any atom is -0.486 e. The maximum Gasteiger partial charge on any atom is 0.140 e. The lowest BCUT2D eigenvalue weighted by Crippen LogP contribution is -2.08. The molecule has 5 heteroatoms. The summed E-state index contributed by atoms with van der Waals surface area (Å²) >= 11 is 7.65. The molecule has 108 valence electrons. The molecule has 0 saturated heterocycles. The number of nitrogens with two attached hydrogens (primary N) is 1. The summed E-state index contributed by atoms with van der Waals surface area (Å²) in [6, 6.07) is 13.4. The van der Waals surface area contributed by atoms with Crippen LogP contribution in [-0.4, -0.2) is 4.98 Å². The Balaban J connectivity index is 1.81. The molecule has 1 atom stereocenters. The molecular weight excluding hydrogens is 304 g/mol. The normalized spacial score (nSPS) is 12.5. The van der Waals surface area contributed by atoms with E-state index in [0.29, 0.717) is 11.6 Å². The van der Waals surface area contributed by atoms with Crippen LogP contribution in [0.3, 0.4) is 0 Å². The summed E-state index contributed by atoms with van der Waals surface area (Å²) in [5, 5.41) is 1.61. The molecule has 2 N–H and O–H groups in total. The molecule has 1 aromatic heterocycles. The van der Waals surface area contributed by atoms with Gasteiger partial charge in [0.1, 0.15) is 17.4 Å². The largest absolute Gasteiger partial charge is 0.486 e. The van der Waals surface area contributed by atoms with Gasteiger partial charge in [0.15, 0.2) is 0 Å². The number of thiazole rings is 1. The fourth-order valence-corrected chi connectivity index (χ4v) is 3.19. The standard InChI is InChI=1S/C16H15ClN2OS/c1-10(18)12-8-11(17)6-7-14(12)20-9-16-19-13-4-2-3-5-15(13)21-16/h2-8,10H,9,18H2,1H3/t10-/m1/s1. The first kappa shape index (κ1) is 14.3.